The van der Waals surface area contributed by atoms with Crippen LogP contribution in [0.15, 0.2) is 55.0 Å². The van der Waals surface area contributed by atoms with Crippen molar-refractivity contribution in [2.24, 2.45) is 0 Å². The van der Waals surface area contributed by atoms with Crippen LogP contribution in [0.2, 0.25) is 10.0 Å². The summed E-state index contributed by atoms with van der Waals surface area (Å²) in [4.78, 5) is 4.30. The lowest BCUT2D eigenvalue weighted by Crippen LogP contribution is -2.28. The minimum absolute atomic E-state index is 0.257. The van der Waals surface area contributed by atoms with E-state index in [1.807, 2.05) is 22.8 Å². The second-order valence-electron chi connectivity index (χ2n) is 7.21. The summed E-state index contributed by atoms with van der Waals surface area (Å²) in [6.45, 7) is 3.80. The molecular weight excluding hydrogens is 391 g/mol. The molecule has 4 aromatic rings. The molecule has 28 heavy (non-hydrogen) atoms. The van der Waals surface area contributed by atoms with Crippen molar-refractivity contribution in [1.29, 1.82) is 0 Å². The molecular formula is C22H18Cl2N4. The number of nitrogens with zero attached hydrogens (tertiary/aromatic N) is 3. The predicted octanol–water partition coefficient (Wildman–Crippen LogP) is 5.25. The van der Waals surface area contributed by atoms with Crippen LogP contribution >= 0.6 is 23.2 Å². The summed E-state index contributed by atoms with van der Waals surface area (Å²) < 4.78 is 1.83. The zero-order chi connectivity index (χ0) is 19.3. The number of pyridine rings is 1. The lowest BCUT2D eigenvalue weighted by Gasteiger charge is -2.27. The van der Waals surface area contributed by atoms with Crippen molar-refractivity contribution >= 4 is 28.8 Å². The third kappa shape index (κ3) is 2.98. The van der Waals surface area contributed by atoms with E-state index in [2.05, 4.69) is 52.7 Å². The second kappa shape index (κ2) is 6.89. The monoisotopic (exact) mass is 408 g/mol. The summed E-state index contributed by atoms with van der Waals surface area (Å²) in [5.41, 5.74) is 8.12. The van der Waals surface area contributed by atoms with Gasteiger partial charge in [-0.2, -0.15) is 5.10 Å². The van der Waals surface area contributed by atoms with Gasteiger partial charge in [0.1, 0.15) is 6.33 Å². The van der Waals surface area contributed by atoms with Crippen LogP contribution in [-0.2, 0) is 6.54 Å². The SMILES string of the molecule is Cc1cc(-c2ccc3c(c2)CNCC3c2ccc(Cl)c(Cl)c2)cn2ncnc12. The molecule has 0 fully saturated rings. The Morgan fingerprint density at radius 1 is 1.04 bits per heavy atom. The minimum atomic E-state index is 0.257. The van der Waals surface area contributed by atoms with E-state index in [-0.39, 0.29) is 5.92 Å². The zero-order valence-electron chi connectivity index (χ0n) is 15.3. The van der Waals surface area contributed by atoms with Crippen LogP contribution in [0.3, 0.4) is 0 Å². The van der Waals surface area contributed by atoms with Crippen molar-refractivity contribution in [2.75, 3.05) is 6.54 Å². The van der Waals surface area contributed by atoms with Gasteiger partial charge < -0.3 is 5.32 Å². The Morgan fingerprint density at radius 3 is 2.79 bits per heavy atom. The molecule has 1 aliphatic rings. The van der Waals surface area contributed by atoms with Gasteiger partial charge in [-0.25, -0.2) is 9.50 Å². The second-order valence-corrected chi connectivity index (χ2v) is 8.03. The van der Waals surface area contributed by atoms with Crippen molar-refractivity contribution in [1.82, 2.24) is 19.9 Å². The van der Waals surface area contributed by atoms with Gasteiger partial charge >= 0.3 is 0 Å². The van der Waals surface area contributed by atoms with Gasteiger partial charge in [0, 0.05) is 30.8 Å². The van der Waals surface area contributed by atoms with Crippen LogP contribution < -0.4 is 5.32 Å². The average molecular weight is 409 g/mol. The maximum Gasteiger partial charge on any atom is 0.158 e. The third-order valence-corrected chi connectivity index (χ3v) is 6.16. The molecule has 1 aliphatic heterocycles. The summed E-state index contributed by atoms with van der Waals surface area (Å²) in [5, 5.41) is 9.01. The van der Waals surface area contributed by atoms with Gasteiger partial charge in [-0.1, -0.05) is 41.4 Å². The van der Waals surface area contributed by atoms with E-state index in [4.69, 9.17) is 23.2 Å². The van der Waals surface area contributed by atoms with Gasteiger partial charge in [-0.15, -0.1) is 0 Å². The standard InChI is InChI=1S/C22H18Cl2N4/c1-13-6-17(11-28-22(13)26-12-27-28)14-2-4-18-16(7-14)9-25-10-19(18)15-3-5-20(23)21(24)8-15/h2-8,11-12,19,25H,9-10H2,1H3. The van der Waals surface area contributed by atoms with Crippen LogP contribution in [-0.4, -0.2) is 21.1 Å². The molecule has 1 atom stereocenters. The molecule has 4 nitrogen and oxygen atoms in total. The Labute approximate surface area is 173 Å². The van der Waals surface area contributed by atoms with Crippen molar-refractivity contribution in [3.63, 3.8) is 0 Å². The van der Waals surface area contributed by atoms with Crippen molar-refractivity contribution in [2.45, 2.75) is 19.4 Å². The molecule has 2 aromatic heterocycles. The summed E-state index contributed by atoms with van der Waals surface area (Å²) in [5.74, 6) is 0.257. The normalized spacial score (nSPS) is 16.3. The number of hydrogen-bond donors (Lipinski definition) is 1. The number of aromatic nitrogens is 3. The molecule has 1 unspecified atom stereocenters. The summed E-state index contributed by atoms with van der Waals surface area (Å²) in [6, 6.07) is 14.8. The van der Waals surface area contributed by atoms with Crippen molar-refractivity contribution in [3.05, 3.63) is 87.3 Å². The Hall–Kier alpha value is -2.40. The molecule has 0 radical (unpaired) electrons. The fraction of sp³-hybridized carbons (Fsp3) is 0.182. The summed E-state index contributed by atoms with van der Waals surface area (Å²) in [6.07, 6.45) is 3.62. The molecule has 6 heteroatoms. The van der Waals surface area contributed by atoms with Crippen molar-refractivity contribution < 1.29 is 0 Å². The van der Waals surface area contributed by atoms with Crippen LogP contribution in [0.4, 0.5) is 0 Å². The number of rotatable bonds is 2. The smallest absolute Gasteiger partial charge is 0.158 e. The molecule has 0 bridgehead atoms. The molecule has 1 N–H and O–H groups in total. The Morgan fingerprint density at radius 2 is 1.93 bits per heavy atom. The number of nitrogens with one attached hydrogen (secondary N) is 1. The van der Waals surface area contributed by atoms with Crippen LogP contribution in [0.1, 0.15) is 28.2 Å². The Kier molecular flexibility index (Phi) is 4.35. The quantitative estimate of drug-likeness (QED) is 0.492. The van der Waals surface area contributed by atoms with Gasteiger partial charge in [0.05, 0.1) is 10.0 Å². The fourth-order valence-electron chi connectivity index (χ4n) is 4.02. The molecule has 0 saturated carbocycles. The van der Waals surface area contributed by atoms with Gasteiger partial charge in [0.2, 0.25) is 0 Å². The molecule has 2 aromatic carbocycles. The lowest BCUT2D eigenvalue weighted by molar-refractivity contribution is 0.591. The number of halogens is 2. The number of benzene rings is 2. The first-order valence-corrected chi connectivity index (χ1v) is 9.94. The summed E-state index contributed by atoms with van der Waals surface area (Å²) in [7, 11) is 0. The van der Waals surface area contributed by atoms with Gasteiger partial charge in [0.25, 0.3) is 0 Å². The Bertz CT molecular complexity index is 1200. The predicted molar refractivity (Wildman–Crippen MR) is 113 cm³/mol. The average Bonchev–Trinajstić information content (AvgIpc) is 3.18. The first kappa shape index (κ1) is 17.7. The van der Waals surface area contributed by atoms with E-state index >= 15 is 0 Å². The van der Waals surface area contributed by atoms with E-state index in [0.717, 1.165) is 29.9 Å². The van der Waals surface area contributed by atoms with E-state index in [1.165, 1.54) is 22.3 Å². The maximum absolute atomic E-state index is 6.25. The third-order valence-electron chi connectivity index (χ3n) is 5.42. The van der Waals surface area contributed by atoms with Crippen LogP contribution in [0.25, 0.3) is 16.8 Å². The first-order chi connectivity index (χ1) is 13.6. The molecule has 140 valence electrons. The molecule has 5 rings (SSSR count). The highest BCUT2D eigenvalue weighted by Gasteiger charge is 2.22. The molecule has 0 aliphatic carbocycles. The van der Waals surface area contributed by atoms with E-state index in [0.29, 0.717) is 10.0 Å². The van der Waals surface area contributed by atoms with Crippen LogP contribution in [0.5, 0.6) is 0 Å². The first-order valence-electron chi connectivity index (χ1n) is 9.19. The van der Waals surface area contributed by atoms with E-state index in [9.17, 15) is 0 Å². The minimum Gasteiger partial charge on any atom is -0.312 e. The Balaban J connectivity index is 1.56. The van der Waals surface area contributed by atoms with Gasteiger partial charge in [0.15, 0.2) is 5.65 Å². The maximum atomic E-state index is 6.25. The fourth-order valence-corrected chi connectivity index (χ4v) is 4.32. The molecule has 0 amide bonds. The molecule has 0 spiro atoms. The number of aryl methyl sites for hydroxylation is 1. The van der Waals surface area contributed by atoms with Crippen LogP contribution in [0, 0.1) is 6.92 Å². The largest absolute Gasteiger partial charge is 0.312 e. The molecule has 3 heterocycles. The number of hydrogen-bond acceptors (Lipinski definition) is 3. The number of fused-ring (bicyclic) bond motifs is 2. The highest BCUT2D eigenvalue weighted by atomic mass is 35.5. The van der Waals surface area contributed by atoms with E-state index < -0.39 is 0 Å². The lowest BCUT2D eigenvalue weighted by atomic mass is 9.84. The molecule has 0 saturated heterocycles. The summed E-state index contributed by atoms with van der Waals surface area (Å²) >= 11 is 12.3. The van der Waals surface area contributed by atoms with Crippen molar-refractivity contribution in [3.8, 4) is 11.1 Å². The van der Waals surface area contributed by atoms with Gasteiger partial charge in [-0.3, -0.25) is 0 Å². The van der Waals surface area contributed by atoms with E-state index in [1.54, 1.807) is 6.33 Å². The topological polar surface area (TPSA) is 42.2 Å². The highest BCUT2D eigenvalue weighted by molar-refractivity contribution is 6.42. The highest BCUT2D eigenvalue weighted by Crippen LogP contribution is 2.35. The zero-order valence-corrected chi connectivity index (χ0v) is 16.8. The van der Waals surface area contributed by atoms with Gasteiger partial charge in [-0.05, 0) is 59.0 Å².